The maximum absolute atomic E-state index is 10.6. The van der Waals surface area contributed by atoms with Crippen LogP contribution in [-0.4, -0.2) is 17.3 Å². The highest BCUT2D eigenvalue weighted by Gasteiger charge is 2.28. The minimum absolute atomic E-state index is 0.466. The first kappa shape index (κ1) is 15.2. The summed E-state index contributed by atoms with van der Waals surface area (Å²) in [6.07, 6.45) is 6.18. The van der Waals surface area contributed by atoms with E-state index < -0.39 is 5.60 Å². The van der Waals surface area contributed by atoms with E-state index in [1.165, 1.54) is 12.8 Å². The summed E-state index contributed by atoms with van der Waals surface area (Å²) in [4.78, 5) is 0. The van der Waals surface area contributed by atoms with E-state index in [2.05, 4.69) is 5.32 Å². The highest BCUT2D eigenvalue weighted by molar-refractivity contribution is 6.41. The van der Waals surface area contributed by atoms with E-state index in [0.29, 0.717) is 27.3 Å². The lowest BCUT2D eigenvalue weighted by Gasteiger charge is -2.27. The normalized spacial score (nSPS) is 18.9. The summed E-state index contributed by atoms with van der Waals surface area (Å²) < 4.78 is 0. The predicted octanol–water partition coefficient (Wildman–Crippen LogP) is 5.14. The molecule has 5 heteroatoms. The Labute approximate surface area is 129 Å². The number of rotatable bonds is 3. The highest BCUT2D eigenvalue weighted by atomic mass is 35.5. The third-order valence-electron chi connectivity index (χ3n) is 3.64. The minimum atomic E-state index is -0.664. The summed E-state index contributed by atoms with van der Waals surface area (Å²) in [7, 11) is 0. The van der Waals surface area contributed by atoms with Crippen LogP contribution in [0, 0.1) is 0 Å². The number of nitrogens with one attached hydrogen (secondary N) is 1. The first-order valence-electron chi connectivity index (χ1n) is 6.61. The van der Waals surface area contributed by atoms with Crippen LogP contribution in [0.4, 0.5) is 5.69 Å². The van der Waals surface area contributed by atoms with Gasteiger partial charge in [-0.15, -0.1) is 0 Å². The number of anilines is 1. The first-order chi connectivity index (χ1) is 9.00. The number of halogens is 3. The van der Waals surface area contributed by atoms with Crippen molar-refractivity contribution < 1.29 is 5.11 Å². The van der Waals surface area contributed by atoms with Crippen LogP contribution in [0.5, 0.6) is 0 Å². The summed E-state index contributed by atoms with van der Waals surface area (Å²) in [5.41, 5.74) is -0.0200. The fourth-order valence-corrected chi connectivity index (χ4v) is 3.48. The van der Waals surface area contributed by atoms with E-state index in [9.17, 15) is 5.11 Å². The van der Waals surface area contributed by atoms with Crippen molar-refractivity contribution in [3.8, 4) is 0 Å². The lowest BCUT2D eigenvalue weighted by Crippen LogP contribution is -2.36. The van der Waals surface area contributed by atoms with Crippen LogP contribution in [0.1, 0.15) is 38.5 Å². The van der Waals surface area contributed by atoms with Crippen molar-refractivity contribution >= 4 is 40.5 Å². The van der Waals surface area contributed by atoms with E-state index in [1.807, 2.05) is 0 Å². The van der Waals surface area contributed by atoms with Crippen molar-refractivity contribution in [2.75, 3.05) is 11.9 Å². The van der Waals surface area contributed by atoms with E-state index >= 15 is 0 Å². The maximum atomic E-state index is 10.6. The van der Waals surface area contributed by atoms with Gasteiger partial charge < -0.3 is 10.4 Å². The molecule has 2 rings (SSSR count). The summed E-state index contributed by atoms with van der Waals surface area (Å²) in [5, 5.41) is 15.2. The summed E-state index contributed by atoms with van der Waals surface area (Å²) >= 11 is 18.1. The molecule has 0 saturated heterocycles. The van der Waals surface area contributed by atoms with Gasteiger partial charge in [0.2, 0.25) is 0 Å². The molecule has 1 aromatic carbocycles. The van der Waals surface area contributed by atoms with Crippen LogP contribution in [0.15, 0.2) is 12.1 Å². The summed E-state index contributed by atoms with van der Waals surface area (Å²) in [6.45, 7) is 0.466. The van der Waals surface area contributed by atoms with Gasteiger partial charge in [0.1, 0.15) is 0 Å². The second kappa shape index (κ2) is 6.53. The molecule has 0 amide bonds. The van der Waals surface area contributed by atoms with Crippen LogP contribution in [0.2, 0.25) is 15.1 Å². The number of aliphatic hydroxyl groups is 1. The molecule has 1 aliphatic rings. The van der Waals surface area contributed by atoms with E-state index in [4.69, 9.17) is 34.8 Å². The molecule has 1 saturated carbocycles. The van der Waals surface area contributed by atoms with Crippen LogP contribution >= 0.6 is 34.8 Å². The lowest BCUT2D eigenvalue weighted by molar-refractivity contribution is 0.0381. The van der Waals surface area contributed by atoms with Gasteiger partial charge in [-0.25, -0.2) is 0 Å². The maximum Gasteiger partial charge on any atom is 0.0819 e. The fraction of sp³-hybridized carbons (Fsp3) is 0.571. The molecule has 0 aromatic heterocycles. The molecule has 0 heterocycles. The monoisotopic (exact) mass is 321 g/mol. The molecule has 0 unspecified atom stereocenters. The van der Waals surface area contributed by atoms with Crippen LogP contribution in [0.3, 0.4) is 0 Å². The van der Waals surface area contributed by atoms with Gasteiger partial charge >= 0.3 is 0 Å². The van der Waals surface area contributed by atoms with E-state index in [0.717, 1.165) is 25.7 Å². The highest BCUT2D eigenvalue weighted by Crippen LogP contribution is 2.35. The molecule has 1 aliphatic carbocycles. The third-order valence-corrected chi connectivity index (χ3v) is 4.45. The zero-order valence-corrected chi connectivity index (χ0v) is 13.0. The Bertz CT molecular complexity index is 419. The van der Waals surface area contributed by atoms with Crippen molar-refractivity contribution in [1.29, 1.82) is 0 Å². The second-order valence-electron chi connectivity index (χ2n) is 5.24. The Morgan fingerprint density at radius 3 is 2.05 bits per heavy atom. The molecule has 19 heavy (non-hydrogen) atoms. The average Bonchev–Trinajstić information content (AvgIpc) is 2.53. The fourth-order valence-electron chi connectivity index (χ4n) is 2.53. The van der Waals surface area contributed by atoms with Gasteiger partial charge in [0.05, 0.1) is 21.3 Å². The Hall–Kier alpha value is -0.150. The van der Waals surface area contributed by atoms with Gasteiger partial charge in [0.25, 0.3) is 0 Å². The Morgan fingerprint density at radius 1 is 1.00 bits per heavy atom. The SMILES string of the molecule is OC1(CNc2c(Cl)cc(Cl)cc2Cl)CCCCCC1. The Kier molecular flexibility index (Phi) is 5.24. The van der Waals surface area contributed by atoms with Crippen molar-refractivity contribution in [2.24, 2.45) is 0 Å². The van der Waals surface area contributed by atoms with Crippen molar-refractivity contribution in [3.05, 3.63) is 27.2 Å². The Balaban J connectivity index is 2.05. The van der Waals surface area contributed by atoms with Gasteiger partial charge in [-0.1, -0.05) is 60.5 Å². The molecular weight excluding hydrogens is 305 g/mol. The molecule has 1 aromatic rings. The molecule has 0 spiro atoms. The second-order valence-corrected chi connectivity index (χ2v) is 6.49. The van der Waals surface area contributed by atoms with Crippen molar-refractivity contribution in [1.82, 2.24) is 0 Å². The van der Waals surface area contributed by atoms with Crippen molar-refractivity contribution in [2.45, 2.75) is 44.1 Å². The molecule has 0 radical (unpaired) electrons. The van der Waals surface area contributed by atoms with E-state index in [-0.39, 0.29) is 0 Å². The van der Waals surface area contributed by atoms with Gasteiger partial charge in [0, 0.05) is 11.6 Å². The third kappa shape index (κ3) is 4.16. The van der Waals surface area contributed by atoms with Crippen LogP contribution in [-0.2, 0) is 0 Å². The van der Waals surface area contributed by atoms with E-state index in [1.54, 1.807) is 12.1 Å². The molecule has 106 valence electrons. The molecule has 0 aliphatic heterocycles. The minimum Gasteiger partial charge on any atom is -0.388 e. The largest absolute Gasteiger partial charge is 0.388 e. The standard InChI is InChI=1S/C14H18Cl3NO/c15-10-7-11(16)13(12(17)8-10)18-9-14(19)5-3-1-2-4-6-14/h7-8,18-19H,1-6,9H2. The van der Waals surface area contributed by atoms with Gasteiger partial charge in [-0.3, -0.25) is 0 Å². The number of hydrogen-bond donors (Lipinski definition) is 2. The first-order valence-corrected chi connectivity index (χ1v) is 7.74. The molecule has 1 fully saturated rings. The molecule has 0 bridgehead atoms. The van der Waals surface area contributed by atoms with Crippen molar-refractivity contribution in [3.63, 3.8) is 0 Å². The Morgan fingerprint density at radius 2 is 1.53 bits per heavy atom. The average molecular weight is 323 g/mol. The van der Waals surface area contributed by atoms with Crippen LogP contribution in [0.25, 0.3) is 0 Å². The quantitative estimate of drug-likeness (QED) is 0.755. The zero-order valence-electron chi connectivity index (χ0n) is 10.7. The zero-order chi connectivity index (χ0) is 13.9. The van der Waals surface area contributed by atoms with Crippen LogP contribution < -0.4 is 5.32 Å². The molecule has 0 atom stereocenters. The lowest BCUT2D eigenvalue weighted by atomic mass is 9.94. The smallest absolute Gasteiger partial charge is 0.0819 e. The number of hydrogen-bond acceptors (Lipinski definition) is 2. The summed E-state index contributed by atoms with van der Waals surface area (Å²) in [6, 6.07) is 3.29. The molecule has 2 N–H and O–H groups in total. The van der Waals surface area contributed by atoms with Gasteiger partial charge in [0.15, 0.2) is 0 Å². The molecular formula is C14H18Cl3NO. The summed E-state index contributed by atoms with van der Waals surface area (Å²) in [5.74, 6) is 0. The topological polar surface area (TPSA) is 32.3 Å². The number of benzene rings is 1. The van der Waals surface area contributed by atoms with Gasteiger partial charge in [-0.05, 0) is 25.0 Å². The van der Waals surface area contributed by atoms with Gasteiger partial charge in [-0.2, -0.15) is 0 Å². The predicted molar refractivity (Wildman–Crippen MR) is 82.6 cm³/mol. The molecule has 2 nitrogen and oxygen atoms in total.